The van der Waals surface area contributed by atoms with Gasteiger partial charge in [-0.2, -0.15) is 5.10 Å². The van der Waals surface area contributed by atoms with Crippen LogP contribution in [0.1, 0.15) is 30.9 Å². The molecule has 0 spiro atoms. The van der Waals surface area contributed by atoms with Crippen LogP contribution in [0.2, 0.25) is 0 Å². The molecule has 192 valence electrons. The van der Waals surface area contributed by atoms with Crippen molar-refractivity contribution in [1.29, 1.82) is 0 Å². The summed E-state index contributed by atoms with van der Waals surface area (Å²) in [4.78, 5) is 43.9. The zero-order valence-electron chi connectivity index (χ0n) is 20.0. The smallest absolute Gasteiger partial charge is 0.269 e. The van der Waals surface area contributed by atoms with Gasteiger partial charge in [-0.1, -0.05) is 11.8 Å². The number of nitrogens with one attached hydrogen (secondary N) is 2. The van der Waals surface area contributed by atoms with Gasteiger partial charge in [-0.15, -0.1) is 0 Å². The number of nitrogens with zero attached hydrogens (tertiary/aromatic N) is 3. The Morgan fingerprint density at radius 3 is 2.83 bits per heavy atom. The average Bonchev–Trinajstić information content (AvgIpc) is 3.18. The van der Waals surface area contributed by atoms with E-state index in [1.165, 1.54) is 17.8 Å². The van der Waals surface area contributed by atoms with E-state index < -0.39 is 35.9 Å². The third-order valence-corrected chi connectivity index (χ3v) is 6.46. The second-order valence-electron chi connectivity index (χ2n) is 8.34. The number of hydrogen-bond acceptors (Lipinski definition) is 7. The van der Waals surface area contributed by atoms with Crippen molar-refractivity contribution in [3.63, 3.8) is 0 Å². The zero-order chi connectivity index (χ0) is 26.4. The Morgan fingerprint density at radius 2 is 2.11 bits per heavy atom. The molecule has 3 heterocycles. The van der Waals surface area contributed by atoms with Crippen molar-refractivity contribution < 1.29 is 22.8 Å². The number of alkyl halides is 1. The van der Waals surface area contributed by atoms with Crippen molar-refractivity contribution in [3.05, 3.63) is 69.2 Å². The first-order chi connectivity index (χ1) is 17.0. The maximum Gasteiger partial charge on any atom is 0.269 e. The van der Waals surface area contributed by atoms with Gasteiger partial charge in [0.15, 0.2) is 5.78 Å². The number of aromatic nitrogens is 1. The molecule has 0 saturated carbocycles. The predicted octanol–water partition coefficient (Wildman–Crippen LogP) is 3.26. The highest BCUT2D eigenvalue weighted by Gasteiger charge is 2.28. The van der Waals surface area contributed by atoms with Gasteiger partial charge >= 0.3 is 0 Å². The third-order valence-electron chi connectivity index (χ3n) is 5.19. The Hall–Kier alpha value is -3.41. The van der Waals surface area contributed by atoms with Crippen molar-refractivity contribution in [2.45, 2.75) is 38.2 Å². The van der Waals surface area contributed by atoms with E-state index in [9.17, 15) is 27.6 Å². The van der Waals surface area contributed by atoms with E-state index in [2.05, 4.69) is 20.4 Å². The van der Waals surface area contributed by atoms with Gasteiger partial charge in [-0.3, -0.25) is 24.4 Å². The fraction of sp³-hybridized carbons (Fsp3) is 0.375. The van der Waals surface area contributed by atoms with Crippen molar-refractivity contribution >= 4 is 34.2 Å². The number of H-pyrrole nitrogens is 1. The van der Waals surface area contributed by atoms with Crippen LogP contribution in [0.4, 0.5) is 13.2 Å². The van der Waals surface area contributed by atoms with E-state index in [1.807, 2.05) is 6.92 Å². The molecule has 0 aliphatic carbocycles. The SMILES string of the molecule is Cc1c[nH]c(=O)c(C2=NN(C)C(CNC(=O)C3=NCCC(C(=O)/C=C(F)/C=C(/F)CC(C)F)=C3)S2)c1. The molecule has 0 saturated heterocycles. The molecule has 0 aromatic carbocycles. The van der Waals surface area contributed by atoms with Gasteiger partial charge in [0.2, 0.25) is 0 Å². The van der Waals surface area contributed by atoms with Gasteiger partial charge < -0.3 is 10.3 Å². The van der Waals surface area contributed by atoms with Crippen LogP contribution >= 0.6 is 11.8 Å². The first-order valence-electron chi connectivity index (χ1n) is 11.2. The molecule has 12 heteroatoms. The topological polar surface area (TPSA) is 107 Å². The maximum absolute atomic E-state index is 13.9. The molecular formula is C24H26F3N5O3S. The summed E-state index contributed by atoms with van der Waals surface area (Å²) in [5.41, 5.74) is 1.22. The van der Waals surface area contributed by atoms with Crippen LogP contribution in [-0.4, -0.2) is 64.1 Å². The van der Waals surface area contributed by atoms with Crippen LogP contribution in [0.15, 0.2) is 62.6 Å². The zero-order valence-corrected chi connectivity index (χ0v) is 20.8. The van der Waals surface area contributed by atoms with E-state index in [-0.39, 0.29) is 41.7 Å². The summed E-state index contributed by atoms with van der Waals surface area (Å²) in [5, 5.41) is 9.02. The summed E-state index contributed by atoms with van der Waals surface area (Å²) in [7, 11) is 1.72. The van der Waals surface area contributed by atoms with Crippen molar-refractivity contribution in [2.75, 3.05) is 20.1 Å². The van der Waals surface area contributed by atoms with E-state index in [4.69, 9.17) is 0 Å². The molecule has 3 rings (SSSR count). The normalized spacial score (nSPS) is 19.4. The number of aromatic amines is 1. The van der Waals surface area contributed by atoms with Crippen LogP contribution in [-0.2, 0) is 9.59 Å². The molecule has 8 nitrogen and oxygen atoms in total. The number of halogens is 3. The van der Waals surface area contributed by atoms with Crippen molar-refractivity contribution in [3.8, 4) is 0 Å². The number of carbonyl (C=O) groups excluding carboxylic acids is 2. The summed E-state index contributed by atoms with van der Waals surface area (Å²) in [5.74, 6) is -3.41. The molecule has 2 aliphatic rings. The summed E-state index contributed by atoms with van der Waals surface area (Å²) in [6.45, 7) is 3.32. The Morgan fingerprint density at radius 1 is 1.36 bits per heavy atom. The highest BCUT2D eigenvalue weighted by atomic mass is 32.2. The number of aliphatic imine (C=N–C) groups is 1. The lowest BCUT2D eigenvalue weighted by Gasteiger charge is -2.18. The standard InChI is InChI=1S/C24H26F3N5O3S/c1-13-6-18(22(34)29-11-13)24-31-32(3)21(36-24)12-30-23(35)19-8-15(4-5-28-19)20(33)10-17(27)9-16(26)7-14(2)25/h6,8-11,14,21H,4-5,7,12H2,1-3H3,(H,29,34)(H,30,35)/b16-9+,17-10-. The van der Waals surface area contributed by atoms with E-state index in [0.29, 0.717) is 22.8 Å². The first kappa shape index (κ1) is 27.2. The lowest BCUT2D eigenvalue weighted by atomic mass is 10.0. The van der Waals surface area contributed by atoms with Gasteiger partial charge in [0.05, 0.1) is 5.56 Å². The molecule has 1 aromatic heterocycles. The minimum absolute atomic E-state index is 0.00769. The number of pyridine rings is 1. The number of likely N-dealkylation sites (N-methyl/N-ethyl adjacent to an activating group) is 1. The van der Waals surface area contributed by atoms with Gasteiger partial charge in [-0.05, 0) is 38.0 Å². The second-order valence-corrected chi connectivity index (χ2v) is 9.50. The molecule has 0 radical (unpaired) electrons. The number of hydrazone groups is 1. The number of rotatable bonds is 9. The fourth-order valence-corrected chi connectivity index (χ4v) is 4.48. The largest absolute Gasteiger partial charge is 0.348 e. The molecule has 36 heavy (non-hydrogen) atoms. The minimum Gasteiger partial charge on any atom is -0.348 e. The number of ketones is 1. The van der Waals surface area contributed by atoms with Gasteiger partial charge in [0.25, 0.3) is 11.5 Å². The summed E-state index contributed by atoms with van der Waals surface area (Å²) in [6.07, 6.45) is 2.08. The van der Waals surface area contributed by atoms with Gasteiger partial charge in [0, 0.05) is 50.5 Å². The number of aryl methyl sites for hydroxylation is 1. The highest BCUT2D eigenvalue weighted by Crippen LogP contribution is 2.27. The number of amides is 1. The Kier molecular flexibility index (Phi) is 9.08. The molecule has 2 N–H and O–H groups in total. The summed E-state index contributed by atoms with van der Waals surface area (Å²) >= 11 is 1.33. The number of hydrogen-bond donors (Lipinski definition) is 2. The quantitative estimate of drug-likeness (QED) is 0.383. The predicted molar refractivity (Wildman–Crippen MR) is 134 cm³/mol. The molecule has 2 aliphatic heterocycles. The van der Waals surface area contributed by atoms with Gasteiger partial charge in [-0.25, -0.2) is 13.2 Å². The average molecular weight is 522 g/mol. The third kappa shape index (κ3) is 7.30. The van der Waals surface area contributed by atoms with E-state index >= 15 is 0 Å². The molecule has 2 unspecified atom stereocenters. The maximum atomic E-state index is 13.9. The molecule has 2 atom stereocenters. The van der Waals surface area contributed by atoms with Crippen LogP contribution in [0, 0.1) is 6.92 Å². The number of dihydropyridines is 1. The monoisotopic (exact) mass is 521 g/mol. The van der Waals surface area contributed by atoms with Gasteiger partial charge in [0.1, 0.15) is 34.0 Å². The second kappa shape index (κ2) is 12.0. The Labute approximate surface area is 210 Å². The van der Waals surface area contributed by atoms with Crippen LogP contribution in [0.3, 0.4) is 0 Å². The minimum atomic E-state index is -1.48. The Bertz CT molecular complexity index is 1250. The van der Waals surface area contributed by atoms with Crippen molar-refractivity contribution in [1.82, 2.24) is 15.3 Å². The van der Waals surface area contributed by atoms with Crippen LogP contribution in [0.25, 0.3) is 0 Å². The lowest BCUT2D eigenvalue weighted by Crippen LogP contribution is -2.39. The number of thioether (sulfide) groups is 1. The highest BCUT2D eigenvalue weighted by molar-refractivity contribution is 8.15. The van der Waals surface area contributed by atoms with Crippen LogP contribution in [0.5, 0.6) is 0 Å². The number of carbonyl (C=O) groups is 2. The van der Waals surface area contributed by atoms with Crippen molar-refractivity contribution in [2.24, 2.45) is 10.1 Å². The number of allylic oxidation sites excluding steroid dienone is 4. The molecule has 0 fully saturated rings. The first-order valence-corrected chi connectivity index (χ1v) is 12.0. The summed E-state index contributed by atoms with van der Waals surface area (Å²) in [6, 6.07) is 1.74. The molecule has 1 aromatic rings. The molecular weight excluding hydrogens is 495 g/mol. The Balaban J connectivity index is 1.59. The summed E-state index contributed by atoms with van der Waals surface area (Å²) < 4.78 is 40.2. The van der Waals surface area contributed by atoms with E-state index in [1.54, 1.807) is 24.3 Å². The van der Waals surface area contributed by atoms with E-state index in [0.717, 1.165) is 12.5 Å². The lowest BCUT2D eigenvalue weighted by molar-refractivity contribution is -0.114. The molecule has 0 bridgehead atoms. The molecule has 1 amide bonds. The van der Waals surface area contributed by atoms with Crippen LogP contribution < -0.4 is 10.9 Å². The fourth-order valence-electron chi connectivity index (χ4n) is 3.40.